The Hall–Kier alpha value is -2.53. The number of amides is 1. The van der Waals surface area contributed by atoms with Gasteiger partial charge in [-0.05, 0) is 81.8 Å². The van der Waals surface area contributed by atoms with E-state index in [0.29, 0.717) is 16.7 Å². The first-order valence-corrected chi connectivity index (χ1v) is 12.0. The molecule has 0 radical (unpaired) electrons. The van der Waals surface area contributed by atoms with Crippen molar-refractivity contribution in [3.63, 3.8) is 0 Å². The highest BCUT2D eigenvalue weighted by atomic mass is 16.5. The number of hydrogen-bond acceptors (Lipinski definition) is 4. The van der Waals surface area contributed by atoms with Gasteiger partial charge in [-0.3, -0.25) is 9.69 Å². The van der Waals surface area contributed by atoms with Crippen LogP contribution in [-0.4, -0.2) is 47.5 Å². The number of likely N-dealkylation sites (tertiary alicyclic amines) is 2. The molecule has 1 amide bonds. The highest BCUT2D eigenvalue weighted by Crippen LogP contribution is 2.43. The Morgan fingerprint density at radius 2 is 1.69 bits per heavy atom. The van der Waals surface area contributed by atoms with E-state index in [-0.39, 0.29) is 11.5 Å². The first kappa shape index (κ1) is 21.3. The second-order valence-electron chi connectivity index (χ2n) is 10.6. The molecule has 3 aliphatic heterocycles. The van der Waals surface area contributed by atoms with E-state index in [4.69, 9.17) is 10.5 Å². The van der Waals surface area contributed by atoms with Gasteiger partial charge in [0.25, 0.3) is 5.91 Å². The molecule has 0 saturated carbocycles. The van der Waals surface area contributed by atoms with E-state index in [1.165, 1.54) is 24.0 Å². The molecule has 5 heteroatoms. The monoisotopic (exact) mass is 433 g/mol. The summed E-state index contributed by atoms with van der Waals surface area (Å²) in [6.07, 6.45) is 5.63. The molecular weight excluding hydrogens is 398 g/mol. The fraction of sp³-hybridized carbons (Fsp3) is 0.519. The highest BCUT2D eigenvalue weighted by Gasteiger charge is 2.39. The van der Waals surface area contributed by atoms with Gasteiger partial charge in [-0.25, -0.2) is 0 Å². The number of carbonyl (C=O) groups excluding carboxylic acids is 1. The number of benzene rings is 2. The molecular formula is C27H35N3O2. The van der Waals surface area contributed by atoms with Gasteiger partial charge in [0.15, 0.2) is 0 Å². The molecule has 0 unspecified atom stereocenters. The molecule has 3 aliphatic rings. The van der Waals surface area contributed by atoms with E-state index in [0.717, 1.165) is 57.7 Å². The maximum atomic E-state index is 12.9. The normalized spacial score (nSPS) is 21.9. The summed E-state index contributed by atoms with van der Waals surface area (Å²) in [6, 6.07) is 14.0. The number of para-hydroxylation sites is 1. The van der Waals surface area contributed by atoms with Gasteiger partial charge in [-0.15, -0.1) is 0 Å². The van der Waals surface area contributed by atoms with E-state index >= 15 is 0 Å². The molecule has 5 nitrogen and oxygen atoms in total. The summed E-state index contributed by atoms with van der Waals surface area (Å²) < 4.78 is 6.28. The first-order chi connectivity index (χ1) is 15.3. The van der Waals surface area contributed by atoms with Crippen molar-refractivity contribution in [3.05, 3.63) is 59.2 Å². The summed E-state index contributed by atoms with van der Waals surface area (Å²) in [7, 11) is 0. The van der Waals surface area contributed by atoms with E-state index in [1.807, 2.05) is 23.1 Å². The minimum absolute atomic E-state index is 0.0960. The lowest BCUT2D eigenvalue weighted by molar-refractivity contribution is 0.0282. The third-order valence-electron chi connectivity index (χ3n) is 7.73. The number of hydrogen-bond donors (Lipinski definition) is 1. The molecule has 3 heterocycles. The van der Waals surface area contributed by atoms with Gasteiger partial charge in [-0.1, -0.05) is 24.3 Å². The zero-order valence-corrected chi connectivity index (χ0v) is 19.4. The number of nitrogens with two attached hydrogens (primary N) is 1. The smallest absolute Gasteiger partial charge is 0.253 e. The van der Waals surface area contributed by atoms with Gasteiger partial charge < -0.3 is 15.4 Å². The van der Waals surface area contributed by atoms with Crippen molar-refractivity contribution in [2.75, 3.05) is 31.9 Å². The first-order valence-electron chi connectivity index (χ1n) is 12.0. The van der Waals surface area contributed by atoms with Gasteiger partial charge >= 0.3 is 0 Å². The Labute approximate surface area is 191 Å². The summed E-state index contributed by atoms with van der Waals surface area (Å²) in [5, 5.41) is 0. The van der Waals surface area contributed by atoms with Crippen molar-refractivity contribution in [3.8, 4) is 5.75 Å². The SMILES string of the molecule is CC1(C)Cc2cccc(CN3CCC4(CC3)CCN(C(=O)c3cccc(N)c3)CC4)c2O1. The van der Waals surface area contributed by atoms with Crippen LogP contribution in [0.4, 0.5) is 5.69 Å². The summed E-state index contributed by atoms with van der Waals surface area (Å²) in [5.41, 5.74) is 10.2. The number of nitrogen functional groups attached to an aromatic ring is 1. The molecule has 1 spiro atoms. The van der Waals surface area contributed by atoms with Crippen LogP contribution in [0.3, 0.4) is 0 Å². The van der Waals surface area contributed by atoms with Crippen LogP contribution in [-0.2, 0) is 13.0 Å². The number of carbonyl (C=O) groups is 1. The highest BCUT2D eigenvalue weighted by molar-refractivity contribution is 5.95. The largest absolute Gasteiger partial charge is 0.487 e. The Balaban J connectivity index is 1.16. The lowest BCUT2D eigenvalue weighted by Gasteiger charge is -2.47. The number of nitrogens with zero attached hydrogens (tertiary/aromatic N) is 2. The van der Waals surface area contributed by atoms with Crippen LogP contribution in [0.2, 0.25) is 0 Å². The van der Waals surface area contributed by atoms with E-state index < -0.39 is 0 Å². The Morgan fingerprint density at radius 3 is 2.41 bits per heavy atom. The zero-order chi connectivity index (χ0) is 22.3. The molecule has 170 valence electrons. The summed E-state index contributed by atoms with van der Waals surface area (Å²) in [4.78, 5) is 17.5. The Bertz CT molecular complexity index is 998. The Morgan fingerprint density at radius 1 is 1.00 bits per heavy atom. The van der Waals surface area contributed by atoms with Gasteiger partial charge in [0.1, 0.15) is 11.4 Å². The molecule has 0 atom stereocenters. The van der Waals surface area contributed by atoms with Gasteiger partial charge in [0.2, 0.25) is 0 Å². The maximum Gasteiger partial charge on any atom is 0.253 e. The average Bonchev–Trinajstić information content (AvgIpc) is 3.10. The van der Waals surface area contributed by atoms with Crippen LogP contribution >= 0.6 is 0 Å². The molecule has 0 bridgehead atoms. The summed E-state index contributed by atoms with van der Waals surface area (Å²) in [6.45, 7) is 9.25. The topological polar surface area (TPSA) is 58.8 Å². The van der Waals surface area contributed by atoms with Crippen LogP contribution in [0, 0.1) is 5.41 Å². The third kappa shape index (κ3) is 4.23. The number of fused-ring (bicyclic) bond motifs is 1. The lowest BCUT2D eigenvalue weighted by Crippen LogP contribution is -2.48. The Kier molecular flexibility index (Phi) is 5.40. The van der Waals surface area contributed by atoms with Gasteiger partial charge in [-0.2, -0.15) is 0 Å². The van der Waals surface area contributed by atoms with Crippen LogP contribution in [0.1, 0.15) is 61.0 Å². The van der Waals surface area contributed by atoms with E-state index in [2.05, 4.69) is 36.9 Å². The molecule has 2 aromatic rings. The van der Waals surface area contributed by atoms with Crippen molar-refractivity contribution >= 4 is 11.6 Å². The number of rotatable bonds is 3. The quantitative estimate of drug-likeness (QED) is 0.724. The lowest BCUT2D eigenvalue weighted by atomic mass is 9.71. The average molecular weight is 434 g/mol. The second-order valence-corrected chi connectivity index (χ2v) is 10.6. The predicted molar refractivity (Wildman–Crippen MR) is 128 cm³/mol. The second kappa shape index (κ2) is 8.11. The van der Waals surface area contributed by atoms with Crippen molar-refractivity contribution in [2.45, 2.75) is 58.1 Å². The zero-order valence-electron chi connectivity index (χ0n) is 19.4. The fourth-order valence-corrected chi connectivity index (χ4v) is 5.77. The van der Waals surface area contributed by atoms with Crippen molar-refractivity contribution < 1.29 is 9.53 Å². The third-order valence-corrected chi connectivity index (χ3v) is 7.73. The number of anilines is 1. The minimum Gasteiger partial charge on any atom is -0.487 e. The molecule has 0 aromatic heterocycles. The predicted octanol–water partition coefficient (Wildman–Crippen LogP) is 4.50. The standard InChI is InChI=1S/C27H35N3O2/c1-26(2)18-21-6-3-7-22(24(21)32-26)19-29-13-9-27(10-14-29)11-15-30(16-12-27)25(31)20-5-4-8-23(28)17-20/h3-8,17H,9-16,18-19,28H2,1-2H3. The van der Waals surface area contributed by atoms with Crippen LogP contribution < -0.4 is 10.5 Å². The van der Waals surface area contributed by atoms with E-state index in [9.17, 15) is 4.79 Å². The molecule has 32 heavy (non-hydrogen) atoms. The van der Waals surface area contributed by atoms with E-state index in [1.54, 1.807) is 6.07 Å². The van der Waals surface area contributed by atoms with Gasteiger partial charge in [0, 0.05) is 42.9 Å². The van der Waals surface area contributed by atoms with Crippen LogP contribution in [0.15, 0.2) is 42.5 Å². The molecule has 2 aromatic carbocycles. The molecule has 0 aliphatic carbocycles. The van der Waals surface area contributed by atoms with Crippen molar-refractivity contribution in [2.24, 2.45) is 5.41 Å². The minimum atomic E-state index is -0.0960. The maximum absolute atomic E-state index is 12.9. The molecule has 2 fully saturated rings. The number of ether oxygens (including phenoxy) is 1. The van der Waals surface area contributed by atoms with Crippen LogP contribution in [0.25, 0.3) is 0 Å². The van der Waals surface area contributed by atoms with Gasteiger partial charge in [0.05, 0.1) is 0 Å². The molecule has 2 saturated heterocycles. The van der Waals surface area contributed by atoms with Crippen molar-refractivity contribution in [1.29, 1.82) is 0 Å². The van der Waals surface area contributed by atoms with Crippen LogP contribution in [0.5, 0.6) is 5.75 Å². The molecule has 2 N–H and O–H groups in total. The summed E-state index contributed by atoms with van der Waals surface area (Å²) >= 11 is 0. The fourth-order valence-electron chi connectivity index (χ4n) is 5.77. The number of piperidine rings is 2. The summed E-state index contributed by atoms with van der Waals surface area (Å²) in [5.74, 6) is 1.23. The molecule has 5 rings (SSSR count). The van der Waals surface area contributed by atoms with Crippen molar-refractivity contribution in [1.82, 2.24) is 9.80 Å².